The van der Waals surface area contributed by atoms with E-state index in [-0.39, 0.29) is 18.1 Å². The number of carbonyl (C=O) groups is 1. The van der Waals surface area contributed by atoms with Crippen molar-refractivity contribution in [3.63, 3.8) is 0 Å². The second-order valence-corrected chi connectivity index (χ2v) is 10.0. The van der Waals surface area contributed by atoms with Crippen LogP contribution in [0.25, 0.3) is 11.1 Å². The number of hydrogen-bond donors (Lipinski definition) is 1. The van der Waals surface area contributed by atoms with Crippen LogP contribution in [0.3, 0.4) is 0 Å². The maximum atomic E-state index is 14.4. The molecule has 1 amide bonds. The topological polar surface area (TPSA) is 47.6 Å². The van der Waals surface area contributed by atoms with Crippen LogP contribution in [-0.4, -0.2) is 12.5 Å². The minimum absolute atomic E-state index is 0.104. The molecular formula is C34H33F4NO3. The lowest BCUT2D eigenvalue weighted by atomic mass is 9.97. The van der Waals surface area contributed by atoms with E-state index in [1.807, 2.05) is 49.4 Å². The highest BCUT2D eigenvalue weighted by Gasteiger charge is 2.31. The summed E-state index contributed by atoms with van der Waals surface area (Å²) in [5.74, 6) is 0.0360. The lowest BCUT2D eigenvalue weighted by Gasteiger charge is -2.16. The Morgan fingerprint density at radius 3 is 2.31 bits per heavy atom. The van der Waals surface area contributed by atoms with E-state index in [1.165, 1.54) is 6.92 Å². The van der Waals surface area contributed by atoms with Crippen molar-refractivity contribution >= 4 is 5.91 Å². The largest absolute Gasteiger partial charge is 0.489 e. The first-order chi connectivity index (χ1) is 20.1. The normalized spacial score (nSPS) is 11.3. The Morgan fingerprint density at radius 1 is 0.810 bits per heavy atom. The van der Waals surface area contributed by atoms with E-state index in [0.717, 1.165) is 52.8 Å². The molecule has 220 valence electrons. The summed E-state index contributed by atoms with van der Waals surface area (Å²) in [6.07, 6.45) is -2.53. The molecular weight excluding hydrogens is 546 g/mol. The molecule has 0 atom stereocenters. The van der Waals surface area contributed by atoms with Gasteiger partial charge < -0.3 is 14.8 Å². The molecule has 0 unspecified atom stereocenters. The molecule has 4 aromatic carbocycles. The number of unbranched alkanes of at least 4 members (excludes halogenated alkanes) is 1. The molecule has 4 nitrogen and oxygen atoms in total. The van der Waals surface area contributed by atoms with Gasteiger partial charge in [0.25, 0.3) is 0 Å². The fourth-order valence-electron chi connectivity index (χ4n) is 4.62. The van der Waals surface area contributed by atoms with Crippen molar-refractivity contribution in [2.75, 3.05) is 6.54 Å². The van der Waals surface area contributed by atoms with Crippen molar-refractivity contribution in [3.05, 3.63) is 119 Å². The fourth-order valence-corrected chi connectivity index (χ4v) is 4.62. The summed E-state index contributed by atoms with van der Waals surface area (Å²) in [6.45, 7) is 3.95. The van der Waals surface area contributed by atoms with Crippen LogP contribution in [0.4, 0.5) is 17.6 Å². The minimum Gasteiger partial charge on any atom is -0.489 e. The molecule has 0 spiro atoms. The Labute approximate surface area is 243 Å². The average molecular weight is 580 g/mol. The van der Waals surface area contributed by atoms with Gasteiger partial charge in [0, 0.05) is 25.1 Å². The molecule has 0 bridgehead atoms. The van der Waals surface area contributed by atoms with Crippen LogP contribution in [-0.2, 0) is 30.6 Å². The van der Waals surface area contributed by atoms with E-state index in [9.17, 15) is 22.4 Å². The van der Waals surface area contributed by atoms with Crippen molar-refractivity contribution in [2.45, 2.75) is 52.5 Å². The molecule has 8 heteroatoms. The highest BCUT2D eigenvalue weighted by Crippen LogP contribution is 2.32. The Hall–Kier alpha value is -4.33. The maximum absolute atomic E-state index is 14.4. The van der Waals surface area contributed by atoms with Crippen molar-refractivity contribution in [1.82, 2.24) is 5.32 Å². The number of hydrogen-bond acceptors (Lipinski definition) is 3. The second kappa shape index (κ2) is 14.0. The third kappa shape index (κ3) is 8.35. The van der Waals surface area contributed by atoms with E-state index >= 15 is 0 Å². The number of nitrogens with one attached hydrogen (secondary N) is 1. The summed E-state index contributed by atoms with van der Waals surface area (Å²) in [7, 11) is 0. The van der Waals surface area contributed by atoms with Crippen LogP contribution in [0.15, 0.2) is 84.9 Å². The van der Waals surface area contributed by atoms with Crippen molar-refractivity contribution in [1.29, 1.82) is 0 Å². The van der Waals surface area contributed by atoms with Gasteiger partial charge in [0.2, 0.25) is 5.91 Å². The van der Waals surface area contributed by atoms with Crippen LogP contribution in [0.1, 0.15) is 47.6 Å². The molecule has 0 radical (unpaired) electrons. The van der Waals surface area contributed by atoms with Gasteiger partial charge in [0.05, 0.1) is 5.56 Å². The zero-order chi connectivity index (χ0) is 30.1. The number of benzene rings is 4. The highest BCUT2D eigenvalue weighted by atomic mass is 19.4. The van der Waals surface area contributed by atoms with E-state index in [0.29, 0.717) is 37.1 Å². The van der Waals surface area contributed by atoms with E-state index in [1.54, 1.807) is 6.07 Å². The van der Waals surface area contributed by atoms with E-state index in [2.05, 4.69) is 23.5 Å². The number of halogens is 4. The number of amides is 1. The van der Waals surface area contributed by atoms with Gasteiger partial charge in [0.15, 0.2) is 0 Å². The smallest absolute Gasteiger partial charge is 0.416 e. The molecule has 0 saturated carbocycles. The van der Waals surface area contributed by atoms with Gasteiger partial charge in [-0.2, -0.15) is 13.2 Å². The Kier molecular flexibility index (Phi) is 10.2. The zero-order valence-corrected chi connectivity index (χ0v) is 23.6. The molecule has 42 heavy (non-hydrogen) atoms. The monoisotopic (exact) mass is 579 g/mol. The number of alkyl halides is 3. The van der Waals surface area contributed by atoms with Crippen LogP contribution in [0, 0.1) is 12.7 Å². The van der Waals surface area contributed by atoms with Gasteiger partial charge in [-0.15, -0.1) is 0 Å². The summed E-state index contributed by atoms with van der Waals surface area (Å²) < 4.78 is 66.0. The summed E-state index contributed by atoms with van der Waals surface area (Å²) in [6, 6.07) is 23.7. The molecule has 0 aromatic heterocycles. The van der Waals surface area contributed by atoms with Crippen molar-refractivity contribution in [2.24, 2.45) is 0 Å². The first kappa shape index (κ1) is 30.6. The summed E-state index contributed by atoms with van der Waals surface area (Å²) in [5.41, 5.74) is 3.99. The van der Waals surface area contributed by atoms with Crippen LogP contribution < -0.4 is 14.8 Å². The molecule has 0 fully saturated rings. The summed E-state index contributed by atoms with van der Waals surface area (Å²) in [5, 5.41) is 2.75. The quantitative estimate of drug-likeness (QED) is 0.135. The standard InChI is InChI=1S/C34H33F4NO3/c1-23-27(12-8-13-31(23)25-9-4-3-5-10-25)21-41-30-16-14-26(11-6-7-18-39-24(2)40)33(20-30)42-22-28-19-29(34(36,37)38)15-17-32(28)35/h3-5,8-10,12-17,19-20H,6-7,11,18,21-22H2,1-2H3,(H,39,40). The van der Waals surface area contributed by atoms with Crippen LogP contribution in [0.2, 0.25) is 0 Å². The van der Waals surface area contributed by atoms with Crippen LogP contribution in [0.5, 0.6) is 11.5 Å². The third-order valence-electron chi connectivity index (χ3n) is 6.97. The first-order valence-electron chi connectivity index (χ1n) is 13.7. The first-order valence-corrected chi connectivity index (χ1v) is 13.7. The summed E-state index contributed by atoms with van der Waals surface area (Å²) in [4.78, 5) is 11.1. The van der Waals surface area contributed by atoms with Gasteiger partial charge >= 0.3 is 6.18 Å². The molecule has 0 saturated heterocycles. The second-order valence-electron chi connectivity index (χ2n) is 10.0. The van der Waals surface area contributed by atoms with E-state index < -0.39 is 17.6 Å². The number of rotatable bonds is 12. The number of carbonyl (C=O) groups excluding carboxylic acids is 1. The predicted octanol–water partition coefficient (Wildman–Crippen LogP) is 8.44. The molecule has 0 aliphatic carbocycles. The van der Waals surface area contributed by atoms with Gasteiger partial charge in [0.1, 0.15) is 30.5 Å². The van der Waals surface area contributed by atoms with Gasteiger partial charge in [-0.25, -0.2) is 4.39 Å². The van der Waals surface area contributed by atoms with Crippen molar-refractivity contribution < 1.29 is 31.8 Å². The Balaban J connectivity index is 1.52. The summed E-state index contributed by atoms with van der Waals surface area (Å²) >= 11 is 0. The molecule has 4 aromatic rings. The zero-order valence-electron chi connectivity index (χ0n) is 23.6. The fraction of sp³-hybridized carbons (Fsp3) is 0.265. The molecule has 0 aliphatic heterocycles. The SMILES string of the molecule is CC(=O)NCCCCc1ccc(OCc2cccc(-c3ccccc3)c2C)cc1OCc1cc(C(F)(F)F)ccc1F. The van der Waals surface area contributed by atoms with Crippen molar-refractivity contribution in [3.8, 4) is 22.6 Å². The molecule has 1 N–H and O–H groups in total. The van der Waals surface area contributed by atoms with Gasteiger partial charge in [-0.1, -0.05) is 54.6 Å². The third-order valence-corrected chi connectivity index (χ3v) is 6.97. The van der Waals surface area contributed by atoms with Gasteiger partial charge in [-0.05, 0) is 78.3 Å². The lowest BCUT2D eigenvalue weighted by molar-refractivity contribution is -0.137. The Morgan fingerprint density at radius 2 is 1.57 bits per heavy atom. The number of aryl methyl sites for hydroxylation is 1. The minimum atomic E-state index is -4.59. The Bertz CT molecular complexity index is 1500. The predicted molar refractivity (Wildman–Crippen MR) is 155 cm³/mol. The lowest BCUT2D eigenvalue weighted by Crippen LogP contribution is -2.20. The average Bonchev–Trinajstić information content (AvgIpc) is 2.96. The van der Waals surface area contributed by atoms with Gasteiger partial charge in [-0.3, -0.25) is 4.79 Å². The molecule has 4 rings (SSSR count). The molecule has 0 aliphatic rings. The van der Waals surface area contributed by atoms with Crippen LogP contribution >= 0.6 is 0 Å². The maximum Gasteiger partial charge on any atom is 0.416 e. The number of ether oxygens (including phenoxy) is 2. The molecule has 0 heterocycles. The highest BCUT2D eigenvalue weighted by molar-refractivity contribution is 5.72. The van der Waals surface area contributed by atoms with E-state index in [4.69, 9.17) is 9.47 Å².